The standard InChI is InChI=1S/C26H28ClN3O4S/c1-29(35(2,33)34)19-24(31)30(18-21-13-15-23(27)16-14-21)25(22-11-7-4-8-12-22)26(32)28-17-20-9-5-3-6-10-20/h3-16,25H,17-19H2,1-2H3,(H,28,32)/t25-/m1/s1. The highest BCUT2D eigenvalue weighted by molar-refractivity contribution is 7.88. The van der Waals surface area contributed by atoms with Crippen LogP contribution in [0, 0.1) is 0 Å². The predicted molar refractivity (Wildman–Crippen MR) is 137 cm³/mol. The Morgan fingerprint density at radius 1 is 0.886 bits per heavy atom. The summed E-state index contributed by atoms with van der Waals surface area (Å²) >= 11 is 6.02. The SMILES string of the molecule is CN(CC(=O)N(Cc1ccc(Cl)cc1)[C@@H](C(=O)NCc1ccccc1)c1ccccc1)S(C)(=O)=O. The first-order valence-electron chi connectivity index (χ1n) is 11.0. The van der Waals surface area contributed by atoms with Crippen LogP contribution >= 0.6 is 11.6 Å². The summed E-state index contributed by atoms with van der Waals surface area (Å²) < 4.78 is 24.9. The summed E-state index contributed by atoms with van der Waals surface area (Å²) in [5.41, 5.74) is 2.28. The number of hydrogen-bond acceptors (Lipinski definition) is 4. The molecule has 1 atom stereocenters. The maximum atomic E-state index is 13.5. The van der Waals surface area contributed by atoms with Crippen LogP contribution in [-0.2, 0) is 32.7 Å². The molecule has 0 saturated heterocycles. The molecule has 0 aliphatic heterocycles. The first-order valence-corrected chi connectivity index (χ1v) is 13.2. The van der Waals surface area contributed by atoms with Gasteiger partial charge in [-0.2, -0.15) is 4.31 Å². The van der Waals surface area contributed by atoms with E-state index in [1.165, 1.54) is 11.9 Å². The van der Waals surface area contributed by atoms with E-state index in [-0.39, 0.29) is 19.0 Å². The molecule has 1 N–H and O–H groups in total. The largest absolute Gasteiger partial charge is 0.350 e. The molecule has 0 heterocycles. The normalized spacial score (nSPS) is 12.2. The molecule has 0 spiro atoms. The summed E-state index contributed by atoms with van der Waals surface area (Å²) in [6.45, 7) is -0.0249. The number of hydrogen-bond donors (Lipinski definition) is 1. The molecule has 0 saturated carbocycles. The second-order valence-electron chi connectivity index (χ2n) is 8.18. The molecule has 0 aliphatic rings. The van der Waals surface area contributed by atoms with Crippen LogP contribution < -0.4 is 5.32 Å². The van der Waals surface area contributed by atoms with Crippen molar-refractivity contribution < 1.29 is 18.0 Å². The lowest BCUT2D eigenvalue weighted by atomic mass is 10.0. The van der Waals surface area contributed by atoms with E-state index in [1.807, 2.05) is 36.4 Å². The second kappa shape index (κ2) is 12.0. The summed E-state index contributed by atoms with van der Waals surface area (Å²) in [5, 5.41) is 3.47. The smallest absolute Gasteiger partial charge is 0.247 e. The van der Waals surface area contributed by atoms with Crippen LogP contribution in [0.15, 0.2) is 84.9 Å². The molecule has 35 heavy (non-hydrogen) atoms. The maximum Gasteiger partial charge on any atom is 0.247 e. The van der Waals surface area contributed by atoms with E-state index in [0.717, 1.165) is 21.7 Å². The van der Waals surface area contributed by atoms with Gasteiger partial charge >= 0.3 is 0 Å². The van der Waals surface area contributed by atoms with Crippen molar-refractivity contribution in [1.29, 1.82) is 0 Å². The van der Waals surface area contributed by atoms with Gasteiger partial charge in [-0.05, 0) is 28.8 Å². The van der Waals surface area contributed by atoms with Crippen molar-refractivity contribution in [3.8, 4) is 0 Å². The van der Waals surface area contributed by atoms with Crippen LogP contribution in [0.4, 0.5) is 0 Å². The van der Waals surface area contributed by atoms with E-state index >= 15 is 0 Å². The molecule has 0 aliphatic carbocycles. The van der Waals surface area contributed by atoms with Crippen molar-refractivity contribution in [2.45, 2.75) is 19.1 Å². The van der Waals surface area contributed by atoms with Crippen LogP contribution in [0.3, 0.4) is 0 Å². The van der Waals surface area contributed by atoms with Crippen molar-refractivity contribution in [2.75, 3.05) is 19.8 Å². The first-order chi connectivity index (χ1) is 16.6. The molecule has 2 amide bonds. The van der Waals surface area contributed by atoms with E-state index in [0.29, 0.717) is 10.6 Å². The highest BCUT2D eigenvalue weighted by atomic mass is 35.5. The van der Waals surface area contributed by atoms with Gasteiger partial charge in [-0.1, -0.05) is 84.4 Å². The highest BCUT2D eigenvalue weighted by Crippen LogP contribution is 2.25. The monoisotopic (exact) mass is 513 g/mol. The van der Waals surface area contributed by atoms with Gasteiger partial charge < -0.3 is 10.2 Å². The number of halogens is 1. The zero-order valence-electron chi connectivity index (χ0n) is 19.6. The topological polar surface area (TPSA) is 86.8 Å². The molecule has 0 unspecified atom stereocenters. The number of carbonyl (C=O) groups excluding carboxylic acids is 2. The summed E-state index contributed by atoms with van der Waals surface area (Å²) in [6, 6.07) is 24.4. The molecule has 3 aromatic rings. The number of likely N-dealkylation sites (N-methyl/N-ethyl adjacent to an activating group) is 1. The van der Waals surface area contributed by atoms with E-state index in [1.54, 1.807) is 48.5 Å². The Labute approximate surface area is 211 Å². The first kappa shape index (κ1) is 26.4. The zero-order chi connectivity index (χ0) is 25.4. The Hall–Kier alpha value is -3.20. The number of sulfonamides is 1. The summed E-state index contributed by atoms with van der Waals surface area (Å²) in [5.74, 6) is -0.874. The molecule has 0 bridgehead atoms. The maximum absolute atomic E-state index is 13.5. The minimum Gasteiger partial charge on any atom is -0.350 e. The molecule has 3 rings (SSSR count). The lowest BCUT2D eigenvalue weighted by Crippen LogP contribution is -2.47. The summed E-state index contributed by atoms with van der Waals surface area (Å²) in [6.07, 6.45) is 1.03. The van der Waals surface area contributed by atoms with Crippen LogP contribution in [-0.4, -0.2) is 49.3 Å². The minimum absolute atomic E-state index is 0.0892. The highest BCUT2D eigenvalue weighted by Gasteiger charge is 2.32. The van der Waals surface area contributed by atoms with Crippen LogP contribution in [0.2, 0.25) is 5.02 Å². The Morgan fingerprint density at radius 3 is 2.03 bits per heavy atom. The lowest BCUT2D eigenvalue weighted by Gasteiger charge is -2.32. The third kappa shape index (κ3) is 7.65. The van der Waals surface area contributed by atoms with E-state index in [4.69, 9.17) is 11.6 Å². The Kier molecular flexibility index (Phi) is 9.03. The number of nitrogens with zero attached hydrogens (tertiary/aromatic N) is 2. The van der Waals surface area contributed by atoms with Crippen LogP contribution in [0.25, 0.3) is 0 Å². The average Bonchev–Trinajstić information content (AvgIpc) is 2.84. The van der Waals surface area contributed by atoms with Crippen molar-refractivity contribution in [3.63, 3.8) is 0 Å². The average molecular weight is 514 g/mol. The Bertz CT molecular complexity index is 1240. The Morgan fingerprint density at radius 2 is 1.46 bits per heavy atom. The summed E-state index contributed by atoms with van der Waals surface area (Å²) in [4.78, 5) is 28.4. The fourth-order valence-electron chi connectivity index (χ4n) is 3.50. The number of carbonyl (C=O) groups is 2. The van der Waals surface area contributed by atoms with Gasteiger partial charge in [0.1, 0.15) is 6.04 Å². The molecule has 3 aromatic carbocycles. The van der Waals surface area contributed by atoms with E-state index in [9.17, 15) is 18.0 Å². The Balaban J connectivity index is 1.97. The van der Waals surface area contributed by atoms with Crippen molar-refractivity contribution in [2.24, 2.45) is 0 Å². The molecule has 7 nitrogen and oxygen atoms in total. The van der Waals surface area contributed by atoms with Crippen LogP contribution in [0.1, 0.15) is 22.7 Å². The predicted octanol–water partition coefficient (Wildman–Crippen LogP) is 3.62. The quantitative estimate of drug-likeness (QED) is 0.448. The third-order valence-electron chi connectivity index (χ3n) is 5.50. The fourth-order valence-corrected chi connectivity index (χ4v) is 3.97. The number of rotatable bonds is 10. The molecular weight excluding hydrogens is 486 g/mol. The van der Waals surface area contributed by atoms with Gasteiger partial charge in [0.2, 0.25) is 21.8 Å². The molecule has 0 radical (unpaired) electrons. The molecular formula is C26H28ClN3O4S. The van der Waals surface area contributed by atoms with Crippen molar-refractivity contribution >= 4 is 33.4 Å². The van der Waals surface area contributed by atoms with Crippen molar-refractivity contribution in [3.05, 3.63) is 107 Å². The van der Waals surface area contributed by atoms with Gasteiger partial charge in [-0.25, -0.2) is 8.42 Å². The molecule has 0 aromatic heterocycles. The number of benzene rings is 3. The second-order valence-corrected chi connectivity index (χ2v) is 10.7. The fraction of sp³-hybridized carbons (Fsp3) is 0.231. The van der Waals surface area contributed by atoms with Gasteiger partial charge in [0, 0.05) is 25.2 Å². The number of nitrogens with one attached hydrogen (secondary N) is 1. The van der Waals surface area contributed by atoms with Gasteiger partial charge in [0.15, 0.2) is 0 Å². The lowest BCUT2D eigenvalue weighted by molar-refractivity contribution is -0.141. The van der Waals surface area contributed by atoms with Gasteiger partial charge in [0.25, 0.3) is 0 Å². The minimum atomic E-state index is -3.60. The third-order valence-corrected chi connectivity index (χ3v) is 7.01. The summed E-state index contributed by atoms with van der Waals surface area (Å²) in [7, 11) is -2.26. The van der Waals surface area contributed by atoms with Crippen LogP contribution in [0.5, 0.6) is 0 Å². The van der Waals surface area contributed by atoms with E-state index < -0.39 is 28.5 Å². The molecule has 9 heteroatoms. The zero-order valence-corrected chi connectivity index (χ0v) is 21.2. The van der Waals surface area contributed by atoms with Gasteiger partial charge in [-0.15, -0.1) is 0 Å². The number of amides is 2. The van der Waals surface area contributed by atoms with Gasteiger partial charge in [0.05, 0.1) is 12.8 Å². The molecule has 184 valence electrons. The van der Waals surface area contributed by atoms with Crippen molar-refractivity contribution in [1.82, 2.24) is 14.5 Å². The van der Waals surface area contributed by atoms with Gasteiger partial charge in [-0.3, -0.25) is 9.59 Å². The molecule has 0 fully saturated rings. The van der Waals surface area contributed by atoms with E-state index in [2.05, 4.69) is 5.32 Å².